The van der Waals surface area contributed by atoms with Crippen molar-refractivity contribution in [3.05, 3.63) is 102 Å². The molecule has 0 fully saturated rings. The van der Waals surface area contributed by atoms with Crippen molar-refractivity contribution in [2.45, 2.75) is 19.8 Å². The number of unbranched alkanes of at least 4 members (excludes halogenated alkanes) is 1. The number of esters is 1. The lowest BCUT2D eigenvalue weighted by atomic mass is 10.0. The van der Waals surface area contributed by atoms with Crippen LogP contribution in [0.15, 0.2) is 90.0 Å². The molecule has 0 unspecified atom stereocenters. The van der Waals surface area contributed by atoms with Crippen LogP contribution in [0, 0.1) is 0 Å². The van der Waals surface area contributed by atoms with E-state index >= 15 is 0 Å². The Morgan fingerprint density at radius 3 is 2.46 bits per heavy atom. The summed E-state index contributed by atoms with van der Waals surface area (Å²) in [5.74, 6) is -0.145. The summed E-state index contributed by atoms with van der Waals surface area (Å²) in [4.78, 5) is 37.5. The van der Waals surface area contributed by atoms with Crippen LogP contribution in [0.1, 0.15) is 46.0 Å². The maximum absolute atomic E-state index is 12.6. The number of nitrogens with zero attached hydrogens (tertiary/aromatic N) is 1. The van der Waals surface area contributed by atoms with E-state index in [1.165, 1.54) is 13.3 Å². The van der Waals surface area contributed by atoms with Gasteiger partial charge in [-0.2, -0.15) is 5.10 Å². The molecule has 4 aromatic carbocycles. The fourth-order valence-corrected chi connectivity index (χ4v) is 3.93. The van der Waals surface area contributed by atoms with Gasteiger partial charge in [0.15, 0.2) is 11.5 Å². The molecule has 210 valence electrons. The predicted octanol–water partition coefficient (Wildman–Crippen LogP) is 5.13. The van der Waals surface area contributed by atoms with Crippen LogP contribution >= 0.6 is 0 Å². The molecule has 0 atom stereocenters. The zero-order chi connectivity index (χ0) is 29.0. The van der Waals surface area contributed by atoms with E-state index in [1.54, 1.807) is 54.6 Å². The number of hydrazone groups is 1. The van der Waals surface area contributed by atoms with E-state index in [9.17, 15) is 14.4 Å². The molecular weight excluding hydrogens is 522 g/mol. The highest BCUT2D eigenvalue weighted by atomic mass is 16.6. The van der Waals surface area contributed by atoms with Gasteiger partial charge in [-0.15, -0.1) is 0 Å². The molecule has 0 aliphatic heterocycles. The molecule has 0 aromatic heterocycles. The lowest BCUT2D eigenvalue weighted by Crippen LogP contribution is -2.35. The second kappa shape index (κ2) is 14.3. The first-order chi connectivity index (χ1) is 20.0. The zero-order valence-corrected chi connectivity index (χ0v) is 22.9. The van der Waals surface area contributed by atoms with E-state index in [-0.39, 0.29) is 18.2 Å². The van der Waals surface area contributed by atoms with Gasteiger partial charge < -0.3 is 19.5 Å². The van der Waals surface area contributed by atoms with Crippen molar-refractivity contribution in [2.75, 3.05) is 20.3 Å². The Morgan fingerprint density at radius 1 is 0.902 bits per heavy atom. The van der Waals surface area contributed by atoms with Crippen LogP contribution in [0.5, 0.6) is 17.2 Å². The molecule has 41 heavy (non-hydrogen) atoms. The molecule has 4 rings (SSSR count). The molecule has 2 N–H and O–H groups in total. The van der Waals surface area contributed by atoms with Crippen molar-refractivity contribution in [1.29, 1.82) is 0 Å². The predicted molar refractivity (Wildman–Crippen MR) is 157 cm³/mol. The molecule has 0 saturated carbocycles. The molecule has 0 spiro atoms. The average molecular weight is 554 g/mol. The number of hydrogen-bond donors (Lipinski definition) is 2. The van der Waals surface area contributed by atoms with Crippen LogP contribution in [0.4, 0.5) is 0 Å². The van der Waals surface area contributed by atoms with Gasteiger partial charge in [0.1, 0.15) is 5.75 Å². The topological polar surface area (TPSA) is 115 Å². The average Bonchev–Trinajstić information content (AvgIpc) is 3.00. The van der Waals surface area contributed by atoms with Crippen molar-refractivity contribution < 1.29 is 28.6 Å². The number of hydrogen-bond acceptors (Lipinski definition) is 7. The Kier molecular flexibility index (Phi) is 10.0. The van der Waals surface area contributed by atoms with Crippen molar-refractivity contribution in [1.82, 2.24) is 10.7 Å². The fraction of sp³-hybridized carbons (Fsp3) is 0.188. The molecule has 0 saturated heterocycles. The second-order valence-corrected chi connectivity index (χ2v) is 9.03. The van der Waals surface area contributed by atoms with E-state index in [0.29, 0.717) is 34.8 Å². The van der Waals surface area contributed by atoms with Crippen molar-refractivity contribution >= 4 is 34.8 Å². The minimum atomic E-state index is -0.539. The zero-order valence-electron chi connectivity index (χ0n) is 22.9. The number of carbonyl (C=O) groups excluding carboxylic acids is 3. The molecule has 9 heteroatoms. The third-order valence-corrected chi connectivity index (χ3v) is 6.09. The normalized spacial score (nSPS) is 10.8. The number of nitrogens with one attached hydrogen (secondary N) is 2. The SMILES string of the molecule is CCCCOc1ccc(C(=O)Oc2ccc(C=NNC(=O)CNC(=O)c3cccc4ccccc34)cc2OC)cc1. The highest BCUT2D eigenvalue weighted by molar-refractivity contribution is 6.07. The van der Waals surface area contributed by atoms with E-state index in [4.69, 9.17) is 14.2 Å². The highest BCUT2D eigenvalue weighted by Crippen LogP contribution is 2.28. The summed E-state index contributed by atoms with van der Waals surface area (Å²) >= 11 is 0. The third kappa shape index (κ3) is 7.92. The molecule has 4 aromatic rings. The summed E-state index contributed by atoms with van der Waals surface area (Å²) < 4.78 is 16.5. The Morgan fingerprint density at radius 2 is 1.68 bits per heavy atom. The lowest BCUT2D eigenvalue weighted by molar-refractivity contribution is -0.120. The van der Waals surface area contributed by atoms with Crippen LogP contribution in [0.25, 0.3) is 10.8 Å². The first kappa shape index (κ1) is 28.8. The van der Waals surface area contributed by atoms with Crippen LogP contribution in [0.2, 0.25) is 0 Å². The number of rotatable bonds is 12. The van der Waals surface area contributed by atoms with Gasteiger partial charge in [0.25, 0.3) is 11.8 Å². The largest absolute Gasteiger partial charge is 0.494 e. The van der Waals surface area contributed by atoms with Crippen LogP contribution in [-0.2, 0) is 4.79 Å². The molecular formula is C32H31N3O6. The van der Waals surface area contributed by atoms with Crippen LogP contribution in [-0.4, -0.2) is 44.3 Å². The van der Waals surface area contributed by atoms with Crippen LogP contribution in [0.3, 0.4) is 0 Å². The van der Waals surface area contributed by atoms with Gasteiger partial charge in [0.05, 0.1) is 32.0 Å². The minimum absolute atomic E-state index is 0.234. The van der Waals surface area contributed by atoms with Gasteiger partial charge in [-0.05, 0) is 71.3 Å². The minimum Gasteiger partial charge on any atom is -0.494 e. The second-order valence-electron chi connectivity index (χ2n) is 9.03. The lowest BCUT2D eigenvalue weighted by Gasteiger charge is -2.10. The molecule has 2 amide bonds. The summed E-state index contributed by atoms with van der Waals surface area (Å²) in [6.45, 7) is 2.47. The van der Waals surface area contributed by atoms with E-state index in [2.05, 4.69) is 22.8 Å². The first-order valence-corrected chi connectivity index (χ1v) is 13.2. The summed E-state index contributed by atoms with van der Waals surface area (Å²) in [6, 6.07) is 24.6. The fourth-order valence-electron chi connectivity index (χ4n) is 3.93. The van der Waals surface area contributed by atoms with Gasteiger partial charge >= 0.3 is 5.97 Å². The number of ether oxygens (including phenoxy) is 3. The maximum atomic E-state index is 12.6. The van der Waals surface area contributed by atoms with E-state index in [0.717, 1.165) is 23.6 Å². The van der Waals surface area contributed by atoms with Crippen molar-refractivity contribution in [3.63, 3.8) is 0 Å². The van der Waals surface area contributed by atoms with Gasteiger partial charge in [0, 0.05) is 5.56 Å². The molecule has 0 aliphatic carbocycles. The smallest absolute Gasteiger partial charge is 0.343 e. The molecule has 0 radical (unpaired) electrons. The summed E-state index contributed by atoms with van der Waals surface area (Å²) in [5.41, 5.74) is 3.83. The molecule has 0 aliphatic rings. The van der Waals surface area contributed by atoms with Gasteiger partial charge in [-0.3, -0.25) is 9.59 Å². The quantitative estimate of drug-likeness (QED) is 0.0827. The number of fused-ring (bicyclic) bond motifs is 1. The molecule has 0 bridgehead atoms. The molecule has 9 nitrogen and oxygen atoms in total. The van der Waals surface area contributed by atoms with Crippen molar-refractivity contribution in [3.8, 4) is 17.2 Å². The van der Waals surface area contributed by atoms with E-state index in [1.807, 2.05) is 30.3 Å². The number of carbonyl (C=O) groups is 3. The van der Waals surface area contributed by atoms with Gasteiger partial charge in [-0.1, -0.05) is 49.7 Å². The van der Waals surface area contributed by atoms with E-state index < -0.39 is 11.9 Å². The number of methoxy groups -OCH3 is 1. The summed E-state index contributed by atoms with van der Waals surface area (Å²) in [5, 5.41) is 8.29. The Balaban J connectivity index is 1.29. The number of benzene rings is 4. The monoisotopic (exact) mass is 553 g/mol. The highest BCUT2D eigenvalue weighted by Gasteiger charge is 2.14. The van der Waals surface area contributed by atoms with Crippen LogP contribution < -0.4 is 25.0 Å². The van der Waals surface area contributed by atoms with Crippen molar-refractivity contribution in [2.24, 2.45) is 5.10 Å². The summed E-state index contributed by atoms with van der Waals surface area (Å²) in [7, 11) is 1.45. The third-order valence-electron chi connectivity index (χ3n) is 6.09. The van der Waals surface area contributed by atoms with Gasteiger partial charge in [-0.25, -0.2) is 10.2 Å². The maximum Gasteiger partial charge on any atom is 0.343 e. The number of amides is 2. The first-order valence-electron chi connectivity index (χ1n) is 13.2. The standard InChI is InChI=1S/C32H31N3O6/c1-3-4-18-40-25-15-13-24(14-16-25)32(38)41-28-17-12-22(19-29(28)39-2)20-34-35-30(36)21-33-31(37)27-11-7-9-23-8-5-6-10-26(23)27/h5-17,19-20H,3-4,18,21H2,1-2H3,(H,33,37)(H,35,36). The van der Waals surface area contributed by atoms with Gasteiger partial charge in [0.2, 0.25) is 0 Å². The Labute approximate surface area is 238 Å². The Bertz CT molecular complexity index is 1540. The molecule has 0 heterocycles. The summed E-state index contributed by atoms with van der Waals surface area (Å²) in [6.07, 6.45) is 3.41. The Hall–Kier alpha value is -5.18.